The molecule has 1 saturated carbocycles. The van der Waals surface area contributed by atoms with E-state index in [1.54, 1.807) is 0 Å². The molecule has 2 aliphatic rings. The van der Waals surface area contributed by atoms with E-state index in [0.717, 1.165) is 18.4 Å². The average Bonchev–Trinajstić information content (AvgIpc) is 2.26. The molecule has 1 fully saturated rings. The van der Waals surface area contributed by atoms with Crippen LogP contribution in [-0.2, 0) is 6.42 Å². The lowest BCUT2D eigenvalue weighted by molar-refractivity contribution is -0.282. The first kappa shape index (κ1) is 10.1. The molecule has 2 unspecified atom stereocenters. The summed E-state index contributed by atoms with van der Waals surface area (Å²) >= 11 is 0. The van der Waals surface area contributed by atoms with Crippen molar-refractivity contribution in [3.8, 4) is 5.75 Å². The Morgan fingerprint density at radius 3 is 2.69 bits per heavy atom. The van der Waals surface area contributed by atoms with Gasteiger partial charge >= 0.3 is 0 Å². The lowest BCUT2D eigenvalue weighted by Gasteiger charge is -2.49. The number of rotatable bonds is 0. The van der Waals surface area contributed by atoms with Crippen LogP contribution in [0.25, 0.3) is 0 Å². The molecule has 3 heteroatoms. The van der Waals surface area contributed by atoms with Gasteiger partial charge in [0.05, 0.1) is 0 Å². The highest BCUT2D eigenvalue weighted by Crippen LogP contribution is 2.46. The number of benzene rings is 1. The molecule has 1 aliphatic carbocycles. The van der Waals surface area contributed by atoms with E-state index in [1.807, 2.05) is 24.3 Å². The zero-order valence-corrected chi connectivity index (χ0v) is 9.15. The molecule has 1 aromatic rings. The highest BCUT2D eigenvalue weighted by Gasteiger charge is 2.55. The predicted octanol–water partition coefficient (Wildman–Crippen LogP) is 1.62. The summed E-state index contributed by atoms with van der Waals surface area (Å²) in [7, 11) is 0. The topological polar surface area (TPSA) is 49.7 Å². The third-order valence-electron chi connectivity index (χ3n) is 3.82. The molecular formula is C13H16O3. The summed E-state index contributed by atoms with van der Waals surface area (Å²) in [5.74, 6) is -0.684. The minimum Gasteiger partial charge on any atom is -0.459 e. The molecule has 16 heavy (non-hydrogen) atoms. The molecule has 0 radical (unpaired) electrons. The maximum absolute atomic E-state index is 10.5. The number of fused-ring (bicyclic) bond motifs is 2. The molecule has 3 rings (SSSR count). The molecule has 0 amide bonds. The van der Waals surface area contributed by atoms with Crippen LogP contribution in [-0.4, -0.2) is 21.6 Å². The summed E-state index contributed by atoms with van der Waals surface area (Å²) in [4.78, 5) is 0. The van der Waals surface area contributed by atoms with Gasteiger partial charge in [0, 0.05) is 12.8 Å². The van der Waals surface area contributed by atoms with Crippen molar-refractivity contribution in [1.29, 1.82) is 0 Å². The van der Waals surface area contributed by atoms with Gasteiger partial charge in [0.15, 0.2) is 0 Å². The molecule has 0 saturated heterocycles. The van der Waals surface area contributed by atoms with Gasteiger partial charge in [-0.15, -0.1) is 0 Å². The van der Waals surface area contributed by atoms with Crippen molar-refractivity contribution in [2.75, 3.05) is 0 Å². The standard InChI is InChI=1S/C13H16O3/c14-12-7-3-4-8-13(12,15)16-11-6-2-1-5-10(11)9-12/h1-2,5-6,14-15H,3-4,7-9H2. The summed E-state index contributed by atoms with van der Waals surface area (Å²) in [5.41, 5.74) is -0.129. The van der Waals surface area contributed by atoms with E-state index in [4.69, 9.17) is 4.74 Å². The van der Waals surface area contributed by atoms with E-state index >= 15 is 0 Å². The Kier molecular flexibility index (Phi) is 2.03. The molecular weight excluding hydrogens is 204 g/mol. The van der Waals surface area contributed by atoms with E-state index in [0.29, 0.717) is 25.0 Å². The minimum absolute atomic E-state index is 0.486. The third-order valence-corrected chi connectivity index (χ3v) is 3.82. The summed E-state index contributed by atoms with van der Waals surface area (Å²) in [6.07, 6.45) is 3.46. The van der Waals surface area contributed by atoms with Crippen molar-refractivity contribution in [3.63, 3.8) is 0 Å². The van der Waals surface area contributed by atoms with Crippen molar-refractivity contribution in [1.82, 2.24) is 0 Å². The number of hydrogen-bond donors (Lipinski definition) is 2. The summed E-state index contributed by atoms with van der Waals surface area (Å²) < 4.78 is 5.63. The Morgan fingerprint density at radius 1 is 1.06 bits per heavy atom. The monoisotopic (exact) mass is 220 g/mol. The second kappa shape index (κ2) is 3.22. The fraction of sp³-hybridized carbons (Fsp3) is 0.538. The van der Waals surface area contributed by atoms with Crippen LogP contribution in [0.3, 0.4) is 0 Å². The number of hydrogen-bond acceptors (Lipinski definition) is 3. The van der Waals surface area contributed by atoms with E-state index < -0.39 is 11.4 Å². The van der Waals surface area contributed by atoms with Crippen LogP contribution in [0, 0.1) is 0 Å². The van der Waals surface area contributed by atoms with Crippen LogP contribution in [0.5, 0.6) is 5.75 Å². The van der Waals surface area contributed by atoms with Crippen molar-refractivity contribution in [3.05, 3.63) is 29.8 Å². The molecule has 2 N–H and O–H groups in total. The molecule has 0 spiro atoms. The fourth-order valence-corrected chi connectivity index (χ4v) is 2.83. The first-order valence-electron chi connectivity index (χ1n) is 5.85. The van der Waals surface area contributed by atoms with Gasteiger partial charge in [-0.05, 0) is 24.5 Å². The van der Waals surface area contributed by atoms with Gasteiger partial charge in [-0.25, -0.2) is 0 Å². The molecule has 1 aliphatic heterocycles. The summed E-state index contributed by atoms with van der Waals surface area (Å²) in [6, 6.07) is 7.61. The molecule has 1 heterocycles. The van der Waals surface area contributed by atoms with Crippen LogP contribution in [0.1, 0.15) is 31.2 Å². The van der Waals surface area contributed by atoms with Crippen molar-refractivity contribution in [2.45, 2.75) is 43.5 Å². The largest absolute Gasteiger partial charge is 0.459 e. The van der Waals surface area contributed by atoms with E-state index in [2.05, 4.69) is 0 Å². The molecule has 2 atom stereocenters. The maximum atomic E-state index is 10.5. The van der Waals surface area contributed by atoms with Gasteiger partial charge in [0.2, 0.25) is 5.79 Å². The Labute approximate surface area is 94.7 Å². The summed E-state index contributed by atoms with van der Waals surface area (Å²) in [6.45, 7) is 0. The van der Waals surface area contributed by atoms with Crippen LogP contribution >= 0.6 is 0 Å². The van der Waals surface area contributed by atoms with E-state index in [1.165, 1.54) is 0 Å². The fourth-order valence-electron chi connectivity index (χ4n) is 2.83. The average molecular weight is 220 g/mol. The lowest BCUT2D eigenvalue weighted by atomic mass is 9.74. The maximum Gasteiger partial charge on any atom is 0.237 e. The van der Waals surface area contributed by atoms with Gasteiger partial charge in [0.25, 0.3) is 0 Å². The number of aliphatic hydroxyl groups is 2. The van der Waals surface area contributed by atoms with Gasteiger partial charge in [-0.1, -0.05) is 24.6 Å². The van der Waals surface area contributed by atoms with E-state index in [9.17, 15) is 10.2 Å². The molecule has 86 valence electrons. The smallest absolute Gasteiger partial charge is 0.237 e. The van der Waals surface area contributed by atoms with Crippen LogP contribution in [0.15, 0.2) is 24.3 Å². The lowest BCUT2D eigenvalue weighted by Crippen LogP contribution is -2.63. The Hall–Kier alpha value is -1.06. The Bertz CT molecular complexity index is 378. The molecule has 0 aromatic heterocycles. The SMILES string of the molecule is OC12CCCCC1(O)Oc1ccccc1C2. The first-order chi connectivity index (χ1) is 7.63. The summed E-state index contributed by atoms with van der Waals surface area (Å²) in [5, 5.41) is 20.9. The molecule has 1 aromatic carbocycles. The van der Waals surface area contributed by atoms with Crippen LogP contribution in [0.4, 0.5) is 0 Å². The quantitative estimate of drug-likeness (QED) is 0.698. The van der Waals surface area contributed by atoms with Crippen molar-refractivity contribution in [2.24, 2.45) is 0 Å². The highest BCUT2D eigenvalue weighted by molar-refractivity contribution is 5.38. The molecule has 0 bridgehead atoms. The second-order valence-electron chi connectivity index (χ2n) is 4.91. The van der Waals surface area contributed by atoms with Crippen LogP contribution in [0.2, 0.25) is 0 Å². The second-order valence-corrected chi connectivity index (χ2v) is 4.91. The van der Waals surface area contributed by atoms with Crippen molar-refractivity contribution < 1.29 is 14.9 Å². The third kappa shape index (κ3) is 1.28. The first-order valence-corrected chi connectivity index (χ1v) is 5.85. The Balaban J connectivity index is 2.05. The van der Waals surface area contributed by atoms with Crippen LogP contribution < -0.4 is 4.74 Å². The van der Waals surface area contributed by atoms with Gasteiger partial charge in [0.1, 0.15) is 11.4 Å². The normalized spacial score (nSPS) is 37.1. The number of para-hydroxylation sites is 1. The van der Waals surface area contributed by atoms with Gasteiger partial charge < -0.3 is 14.9 Å². The van der Waals surface area contributed by atoms with Crippen molar-refractivity contribution >= 4 is 0 Å². The van der Waals surface area contributed by atoms with Gasteiger partial charge in [-0.2, -0.15) is 0 Å². The minimum atomic E-state index is -1.39. The highest BCUT2D eigenvalue weighted by atomic mass is 16.6. The molecule has 3 nitrogen and oxygen atoms in total. The zero-order chi connectivity index (χ0) is 11.2. The zero-order valence-electron chi connectivity index (χ0n) is 9.15. The Morgan fingerprint density at radius 2 is 1.81 bits per heavy atom. The van der Waals surface area contributed by atoms with E-state index in [-0.39, 0.29) is 0 Å². The van der Waals surface area contributed by atoms with Gasteiger partial charge in [-0.3, -0.25) is 0 Å². The predicted molar refractivity (Wildman–Crippen MR) is 59.1 cm³/mol. The number of ether oxygens (including phenoxy) is 1.